The van der Waals surface area contributed by atoms with Crippen LogP contribution in [0.15, 0.2) is 30.3 Å². The van der Waals surface area contributed by atoms with Gasteiger partial charge < -0.3 is 14.4 Å². The summed E-state index contributed by atoms with van der Waals surface area (Å²) in [4.78, 5) is 25.4. The standard InChI is InChI=1S/C15H19NO4/c1-19-13(10-11-6-4-3-5-7-11)14(17)16-9-8-12(16)15(18)20-2/h3-7,12-13H,8-10H2,1-2H3. The Hall–Kier alpha value is -1.88. The molecular weight excluding hydrogens is 258 g/mol. The van der Waals surface area contributed by atoms with Gasteiger partial charge in [0.2, 0.25) is 0 Å². The number of rotatable bonds is 5. The Morgan fingerprint density at radius 2 is 2.00 bits per heavy atom. The fourth-order valence-corrected chi connectivity index (χ4v) is 2.32. The Labute approximate surface area is 118 Å². The topological polar surface area (TPSA) is 55.8 Å². The summed E-state index contributed by atoms with van der Waals surface area (Å²) in [5.41, 5.74) is 1.03. The van der Waals surface area contributed by atoms with Gasteiger partial charge in [0.05, 0.1) is 7.11 Å². The van der Waals surface area contributed by atoms with Crippen molar-refractivity contribution in [2.24, 2.45) is 0 Å². The second-order valence-electron chi connectivity index (χ2n) is 4.77. The van der Waals surface area contributed by atoms with Crippen molar-refractivity contribution in [1.82, 2.24) is 4.90 Å². The summed E-state index contributed by atoms with van der Waals surface area (Å²) in [6, 6.07) is 9.22. The molecule has 108 valence electrons. The van der Waals surface area contributed by atoms with Crippen molar-refractivity contribution in [3.63, 3.8) is 0 Å². The molecule has 0 saturated carbocycles. The molecular formula is C15H19NO4. The van der Waals surface area contributed by atoms with Crippen molar-refractivity contribution in [2.45, 2.75) is 25.0 Å². The lowest BCUT2D eigenvalue weighted by molar-refractivity contribution is -0.164. The Bertz CT molecular complexity index is 474. The number of carbonyl (C=O) groups is 2. The van der Waals surface area contributed by atoms with E-state index in [0.29, 0.717) is 19.4 Å². The summed E-state index contributed by atoms with van der Waals surface area (Å²) in [5.74, 6) is -0.517. The van der Waals surface area contributed by atoms with E-state index in [9.17, 15) is 9.59 Å². The number of carbonyl (C=O) groups excluding carboxylic acids is 2. The van der Waals surface area contributed by atoms with Crippen LogP contribution in [0, 0.1) is 0 Å². The SMILES string of the molecule is COC(=O)C1CCN1C(=O)C(Cc1ccccc1)OC. The van der Waals surface area contributed by atoms with Gasteiger partial charge >= 0.3 is 5.97 Å². The number of benzene rings is 1. The first-order valence-corrected chi connectivity index (χ1v) is 6.62. The number of hydrogen-bond donors (Lipinski definition) is 0. The highest BCUT2D eigenvalue weighted by atomic mass is 16.5. The van der Waals surface area contributed by atoms with Crippen LogP contribution in [0.3, 0.4) is 0 Å². The lowest BCUT2D eigenvalue weighted by atomic mass is 10.00. The lowest BCUT2D eigenvalue weighted by Gasteiger charge is -2.40. The van der Waals surface area contributed by atoms with E-state index in [1.165, 1.54) is 19.1 Å². The van der Waals surface area contributed by atoms with Crippen molar-refractivity contribution in [1.29, 1.82) is 0 Å². The van der Waals surface area contributed by atoms with Gasteiger partial charge in [-0.2, -0.15) is 0 Å². The van der Waals surface area contributed by atoms with E-state index < -0.39 is 12.1 Å². The third-order valence-corrected chi connectivity index (χ3v) is 3.60. The molecule has 1 aliphatic heterocycles. The van der Waals surface area contributed by atoms with Crippen molar-refractivity contribution in [2.75, 3.05) is 20.8 Å². The molecule has 1 fully saturated rings. The molecule has 2 unspecified atom stereocenters. The third-order valence-electron chi connectivity index (χ3n) is 3.60. The summed E-state index contributed by atoms with van der Waals surface area (Å²) in [6.07, 6.45) is 0.589. The molecule has 0 N–H and O–H groups in total. The minimum atomic E-state index is -0.565. The van der Waals surface area contributed by atoms with Crippen molar-refractivity contribution in [3.05, 3.63) is 35.9 Å². The molecule has 1 aliphatic rings. The zero-order chi connectivity index (χ0) is 14.5. The molecule has 1 heterocycles. The van der Waals surface area contributed by atoms with E-state index in [1.54, 1.807) is 0 Å². The number of esters is 1. The van der Waals surface area contributed by atoms with E-state index in [4.69, 9.17) is 9.47 Å². The summed E-state index contributed by atoms with van der Waals surface area (Å²) in [5, 5.41) is 0. The maximum Gasteiger partial charge on any atom is 0.328 e. The van der Waals surface area contributed by atoms with E-state index >= 15 is 0 Å². The third kappa shape index (κ3) is 2.99. The number of amides is 1. The molecule has 20 heavy (non-hydrogen) atoms. The fraction of sp³-hybridized carbons (Fsp3) is 0.467. The number of methoxy groups -OCH3 is 2. The highest BCUT2D eigenvalue weighted by Crippen LogP contribution is 2.21. The Balaban J connectivity index is 2.01. The first-order chi connectivity index (χ1) is 9.67. The Kier molecular flexibility index (Phi) is 4.74. The van der Waals surface area contributed by atoms with Gasteiger partial charge in [0.15, 0.2) is 0 Å². The van der Waals surface area contributed by atoms with E-state index in [-0.39, 0.29) is 11.9 Å². The monoisotopic (exact) mass is 277 g/mol. The van der Waals surface area contributed by atoms with Crippen LogP contribution in [0.5, 0.6) is 0 Å². The first kappa shape index (κ1) is 14.5. The zero-order valence-corrected chi connectivity index (χ0v) is 11.7. The molecule has 2 atom stereocenters. The van der Waals surface area contributed by atoms with Crippen LogP contribution in [-0.2, 0) is 25.5 Å². The number of ether oxygens (including phenoxy) is 2. The van der Waals surface area contributed by atoms with Gasteiger partial charge in [0.25, 0.3) is 5.91 Å². The molecule has 2 rings (SSSR count). The largest absolute Gasteiger partial charge is 0.467 e. The molecule has 0 radical (unpaired) electrons. The van der Waals surface area contributed by atoms with Gasteiger partial charge in [-0.15, -0.1) is 0 Å². The van der Waals surface area contributed by atoms with E-state index in [0.717, 1.165) is 5.56 Å². The fourth-order valence-electron chi connectivity index (χ4n) is 2.32. The summed E-state index contributed by atoms with van der Waals surface area (Å²) < 4.78 is 9.98. The molecule has 5 heteroatoms. The van der Waals surface area contributed by atoms with Crippen LogP contribution < -0.4 is 0 Å². The molecule has 1 aromatic rings. The van der Waals surface area contributed by atoms with Gasteiger partial charge in [-0.05, 0) is 12.0 Å². The molecule has 0 aromatic heterocycles. The normalized spacial score (nSPS) is 19.1. The Morgan fingerprint density at radius 3 is 2.50 bits per heavy atom. The number of nitrogens with zero attached hydrogens (tertiary/aromatic N) is 1. The van der Waals surface area contributed by atoms with Crippen LogP contribution in [0.1, 0.15) is 12.0 Å². The van der Waals surface area contributed by atoms with Gasteiger partial charge in [-0.25, -0.2) is 4.79 Å². The minimum Gasteiger partial charge on any atom is -0.467 e. The smallest absolute Gasteiger partial charge is 0.328 e. The quantitative estimate of drug-likeness (QED) is 0.754. The van der Waals surface area contributed by atoms with Gasteiger partial charge in [0, 0.05) is 20.1 Å². The summed E-state index contributed by atoms with van der Waals surface area (Å²) in [7, 11) is 2.85. The minimum absolute atomic E-state index is 0.155. The average Bonchev–Trinajstić information content (AvgIpc) is 2.44. The predicted octanol–water partition coefficient (Wildman–Crippen LogP) is 1.02. The molecule has 1 saturated heterocycles. The maximum atomic E-state index is 12.4. The predicted molar refractivity (Wildman–Crippen MR) is 73.1 cm³/mol. The van der Waals surface area contributed by atoms with Crippen LogP contribution in [0.25, 0.3) is 0 Å². The van der Waals surface area contributed by atoms with E-state index in [1.807, 2.05) is 30.3 Å². The summed E-state index contributed by atoms with van der Waals surface area (Å²) in [6.45, 7) is 0.577. The molecule has 0 spiro atoms. The summed E-state index contributed by atoms with van der Waals surface area (Å²) >= 11 is 0. The molecule has 0 bridgehead atoms. The lowest BCUT2D eigenvalue weighted by Crippen LogP contribution is -2.58. The average molecular weight is 277 g/mol. The first-order valence-electron chi connectivity index (χ1n) is 6.62. The van der Waals surface area contributed by atoms with Crippen molar-refractivity contribution in [3.8, 4) is 0 Å². The van der Waals surface area contributed by atoms with Crippen LogP contribution >= 0.6 is 0 Å². The van der Waals surface area contributed by atoms with Gasteiger partial charge in [-0.3, -0.25) is 4.79 Å². The number of likely N-dealkylation sites (tertiary alicyclic amines) is 1. The second kappa shape index (κ2) is 6.52. The molecule has 5 nitrogen and oxygen atoms in total. The maximum absolute atomic E-state index is 12.4. The second-order valence-corrected chi connectivity index (χ2v) is 4.77. The van der Waals surface area contributed by atoms with Crippen LogP contribution in [-0.4, -0.2) is 49.7 Å². The molecule has 0 aliphatic carbocycles. The van der Waals surface area contributed by atoms with Gasteiger partial charge in [-0.1, -0.05) is 30.3 Å². The zero-order valence-electron chi connectivity index (χ0n) is 11.7. The molecule has 1 amide bonds. The van der Waals surface area contributed by atoms with Gasteiger partial charge in [0.1, 0.15) is 12.1 Å². The van der Waals surface area contributed by atoms with Crippen LogP contribution in [0.4, 0.5) is 0 Å². The number of hydrogen-bond acceptors (Lipinski definition) is 4. The van der Waals surface area contributed by atoms with Crippen molar-refractivity contribution >= 4 is 11.9 Å². The highest BCUT2D eigenvalue weighted by molar-refractivity contribution is 5.88. The Morgan fingerprint density at radius 1 is 1.30 bits per heavy atom. The highest BCUT2D eigenvalue weighted by Gasteiger charge is 2.40. The molecule has 1 aromatic carbocycles. The van der Waals surface area contributed by atoms with E-state index in [2.05, 4.69) is 0 Å². The van der Waals surface area contributed by atoms with Crippen molar-refractivity contribution < 1.29 is 19.1 Å². The van der Waals surface area contributed by atoms with Crippen LogP contribution in [0.2, 0.25) is 0 Å².